The Bertz CT molecular complexity index is 1130. The van der Waals surface area contributed by atoms with E-state index in [2.05, 4.69) is 15.5 Å². The first kappa shape index (κ1) is 19.2. The zero-order chi connectivity index (χ0) is 20.0. The third kappa shape index (κ3) is 3.25. The number of imidazole rings is 1. The van der Waals surface area contributed by atoms with Crippen molar-refractivity contribution in [1.82, 2.24) is 19.3 Å². The summed E-state index contributed by atoms with van der Waals surface area (Å²) in [6.07, 6.45) is 0.426. The van der Waals surface area contributed by atoms with Crippen molar-refractivity contribution in [2.75, 3.05) is 5.32 Å². The Labute approximate surface area is 172 Å². The minimum atomic E-state index is -0.747. The maximum atomic E-state index is 14.5. The van der Waals surface area contributed by atoms with Gasteiger partial charge in [0.25, 0.3) is 0 Å². The molecule has 0 saturated heterocycles. The normalized spacial score (nSPS) is 15.6. The fourth-order valence-electron chi connectivity index (χ4n) is 3.57. The van der Waals surface area contributed by atoms with Crippen LogP contribution in [0.2, 0.25) is 5.02 Å². The van der Waals surface area contributed by atoms with E-state index in [1.54, 1.807) is 11.6 Å². The van der Waals surface area contributed by atoms with Crippen LogP contribution in [-0.4, -0.2) is 25.2 Å². The van der Waals surface area contributed by atoms with E-state index in [-0.39, 0.29) is 22.9 Å². The second-order valence-corrected chi connectivity index (χ2v) is 8.08. The molecule has 1 aliphatic heterocycles. The summed E-state index contributed by atoms with van der Waals surface area (Å²) in [4.78, 5) is 12.4. The van der Waals surface area contributed by atoms with Crippen LogP contribution in [0.4, 0.5) is 13.9 Å². The number of halogens is 3. The summed E-state index contributed by atoms with van der Waals surface area (Å²) in [5.74, 6) is -2.09. The van der Waals surface area contributed by atoms with Crippen molar-refractivity contribution in [2.45, 2.75) is 25.3 Å². The predicted molar refractivity (Wildman–Crippen MR) is 104 cm³/mol. The maximum absolute atomic E-state index is 14.5. The summed E-state index contributed by atoms with van der Waals surface area (Å²) in [6, 6.07) is 2.37. The van der Waals surface area contributed by atoms with Crippen LogP contribution in [-0.2, 0) is 31.2 Å². The van der Waals surface area contributed by atoms with Crippen molar-refractivity contribution < 1.29 is 13.6 Å². The molecule has 1 N–H and O–H groups in total. The Hall–Kier alpha value is -2.17. The average molecular weight is 442 g/mol. The highest BCUT2D eigenvalue weighted by atomic mass is 35.5. The summed E-state index contributed by atoms with van der Waals surface area (Å²) in [6.45, 7) is 0.328. The van der Waals surface area contributed by atoms with E-state index in [1.807, 2.05) is 4.57 Å². The molecule has 0 unspecified atom stereocenters. The molecular formula is C17H14ClF2N5OS2. The van der Waals surface area contributed by atoms with E-state index in [1.165, 1.54) is 29.0 Å². The number of fused-ring (bicyclic) bond motifs is 1. The number of anilines is 1. The van der Waals surface area contributed by atoms with Gasteiger partial charge >= 0.3 is 0 Å². The SMILES string of the molecule is Cn1c(CC(=O)Nc2nncs2)c2n(c1=S)C[C@H](c1c(F)ccc(Cl)c1F)C2. The molecule has 0 aliphatic carbocycles. The zero-order valence-corrected chi connectivity index (χ0v) is 17.0. The largest absolute Gasteiger partial charge is 0.323 e. The van der Waals surface area contributed by atoms with Crippen molar-refractivity contribution in [1.29, 1.82) is 0 Å². The lowest BCUT2D eigenvalue weighted by Gasteiger charge is -2.14. The van der Waals surface area contributed by atoms with Crippen molar-refractivity contribution in [3.05, 3.63) is 56.0 Å². The molecule has 0 bridgehead atoms. The molecule has 3 heterocycles. The lowest BCUT2D eigenvalue weighted by Crippen LogP contribution is -2.17. The Morgan fingerprint density at radius 1 is 1.46 bits per heavy atom. The molecule has 146 valence electrons. The van der Waals surface area contributed by atoms with Gasteiger partial charge in [0.05, 0.1) is 11.4 Å². The Morgan fingerprint density at radius 2 is 2.25 bits per heavy atom. The van der Waals surface area contributed by atoms with Crippen LogP contribution in [0.3, 0.4) is 0 Å². The van der Waals surface area contributed by atoms with Gasteiger partial charge in [0.1, 0.15) is 17.1 Å². The molecule has 0 radical (unpaired) electrons. The highest BCUT2D eigenvalue weighted by Crippen LogP contribution is 2.37. The first-order valence-electron chi connectivity index (χ1n) is 8.33. The number of nitrogens with one attached hydrogen (secondary N) is 1. The first-order chi connectivity index (χ1) is 13.4. The van der Waals surface area contributed by atoms with E-state index < -0.39 is 17.6 Å². The summed E-state index contributed by atoms with van der Waals surface area (Å²) >= 11 is 12.5. The van der Waals surface area contributed by atoms with Gasteiger partial charge in [-0.05, 0) is 30.8 Å². The number of amides is 1. The molecule has 1 atom stereocenters. The molecule has 2 aromatic heterocycles. The van der Waals surface area contributed by atoms with E-state index in [9.17, 15) is 13.6 Å². The van der Waals surface area contributed by atoms with E-state index >= 15 is 0 Å². The molecule has 0 saturated carbocycles. The van der Waals surface area contributed by atoms with Gasteiger partial charge in [-0.15, -0.1) is 10.2 Å². The summed E-state index contributed by atoms with van der Waals surface area (Å²) in [5.41, 5.74) is 2.98. The zero-order valence-electron chi connectivity index (χ0n) is 14.6. The minimum Gasteiger partial charge on any atom is -0.323 e. The van der Waals surface area contributed by atoms with Crippen LogP contribution in [0.15, 0.2) is 17.6 Å². The molecule has 28 heavy (non-hydrogen) atoms. The molecule has 0 spiro atoms. The number of carbonyl (C=O) groups excluding carboxylic acids is 1. The van der Waals surface area contributed by atoms with Crippen LogP contribution >= 0.6 is 35.2 Å². The molecule has 1 aromatic carbocycles. The third-order valence-electron chi connectivity index (χ3n) is 4.85. The van der Waals surface area contributed by atoms with Gasteiger partial charge in [0, 0.05) is 36.5 Å². The number of aromatic nitrogens is 4. The molecule has 4 rings (SSSR count). The molecule has 1 amide bonds. The smallest absolute Gasteiger partial charge is 0.232 e. The highest BCUT2D eigenvalue weighted by molar-refractivity contribution is 7.71. The minimum absolute atomic E-state index is 0.0440. The summed E-state index contributed by atoms with van der Waals surface area (Å²) in [5, 5.41) is 10.4. The molecule has 11 heteroatoms. The standard InChI is InChI=1S/C17H14ClF2N5OS2/c1-24-11(5-13(26)22-16-23-21-7-28-16)12-4-8(6-25(12)17(24)27)14-10(19)3-2-9(18)15(14)20/h2-3,7-8H,4-6H2,1H3,(H,22,23,26)/t8-/m1/s1. The highest BCUT2D eigenvalue weighted by Gasteiger charge is 2.33. The summed E-state index contributed by atoms with van der Waals surface area (Å²) < 4.78 is 32.8. The molecule has 6 nitrogen and oxygen atoms in total. The lowest BCUT2D eigenvalue weighted by atomic mass is 9.95. The van der Waals surface area contributed by atoms with E-state index in [4.69, 9.17) is 23.8 Å². The van der Waals surface area contributed by atoms with Crippen LogP contribution < -0.4 is 5.32 Å². The van der Waals surface area contributed by atoms with Gasteiger partial charge in [-0.3, -0.25) is 4.79 Å². The molecule has 3 aromatic rings. The topological polar surface area (TPSA) is 64.7 Å². The van der Waals surface area contributed by atoms with Gasteiger partial charge in [-0.1, -0.05) is 22.9 Å². The number of hydrogen-bond acceptors (Lipinski definition) is 5. The monoisotopic (exact) mass is 441 g/mol. The number of rotatable bonds is 4. The van der Waals surface area contributed by atoms with Crippen LogP contribution in [0.25, 0.3) is 0 Å². The number of carbonyl (C=O) groups is 1. The first-order valence-corrected chi connectivity index (χ1v) is 10.00. The van der Waals surface area contributed by atoms with Crippen molar-refractivity contribution in [3.63, 3.8) is 0 Å². The van der Waals surface area contributed by atoms with Crippen molar-refractivity contribution >= 4 is 46.2 Å². The van der Waals surface area contributed by atoms with Gasteiger partial charge in [-0.25, -0.2) is 8.78 Å². The van der Waals surface area contributed by atoms with Crippen LogP contribution in [0, 0.1) is 16.4 Å². The van der Waals surface area contributed by atoms with Crippen LogP contribution in [0.5, 0.6) is 0 Å². The Morgan fingerprint density at radius 3 is 2.96 bits per heavy atom. The maximum Gasteiger partial charge on any atom is 0.232 e. The second kappa shape index (κ2) is 7.34. The van der Waals surface area contributed by atoms with Gasteiger partial charge < -0.3 is 14.5 Å². The fraction of sp³-hybridized carbons (Fsp3) is 0.294. The third-order valence-corrected chi connectivity index (χ3v) is 6.24. The van der Waals surface area contributed by atoms with Crippen molar-refractivity contribution in [3.8, 4) is 0 Å². The quantitative estimate of drug-likeness (QED) is 0.493. The summed E-state index contributed by atoms with van der Waals surface area (Å²) in [7, 11) is 1.77. The molecule has 0 fully saturated rings. The molecule has 1 aliphatic rings. The number of nitrogens with zero attached hydrogens (tertiary/aromatic N) is 4. The van der Waals surface area contributed by atoms with Gasteiger partial charge in [0.2, 0.25) is 11.0 Å². The average Bonchev–Trinajstić information content (AvgIpc) is 3.35. The predicted octanol–water partition coefficient (Wildman–Crippen LogP) is 3.86. The number of benzene rings is 1. The fourth-order valence-corrected chi connectivity index (χ4v) is 4.49. The van der Waals surface area contributed by atoms with Gasteiger partial charge in [0.15, 0.2) is 4.77 Å². The molecular weight excluding hydrogens is 428 g/mol. The Kier molecular flexibility index (Phi) is 5.02. The second-order valence-electron chi connectivity index (χ2n) is 6.47. The van der Waals surface area contributed by atoms with E-state index in [0.717, 1.165) is 5.69 Å². The van der Waals surface area contributed by atoms with E-state index in [0.29, 0.717) is 28.6 Å². The van der Waals surface area contributed by atoms with Crippen molar-refractivity contribution in [2.24, 2.45) is 7.05 Å². The lowest BCUT2D eigenvalue weighted by molar-refractivity contribution is -0.115. The Balaban J connectivity index is 1.63. The number of hydrogen-bond donors (Lipinski definition) is 1. The van der Waals surface area contributed by atoms with Gasteiger partial charge in [-0.2, -0.15) is 0 Å². The van der Waals surface area contributed by atoms with Crippen LogP contribution in [0.1, 0.15) is 22.9 Å².